The number of alkyl halides is 3. The molecule has 1 atom stereocenters. The van der Waals surface area contributed by atoms with Crippen LogP contribution < -0.4 is 0 Å². The summed E-state index contributed by atoms with van der Waals surface area (Å²) in [5, 5.41) is 3.80. The van der Waals surface area contributed by atoms with Crippen molar-refractivity contribution in [1.29, 1.82) is 0 Å². The third-order valence-corrected chi connectivity index (χ3v) is 4.30. The van der Waals surface area contributed by atoms with Gasteiger partial charge < -0.3 is 4.52 Å². The summed E-state index contributed by atoms with van der Waals surface area (Å²) in [6.45, 7) is 2.64. The summed E-state index contributed by atoms with van der Waals surface area (Å²) in [5.41, 5.74) is -0.423. The van der Waals surface area contributed by atoms with Crippen LogP contribution in [0.15, 0.2) is 28.8 Å². The van der Waals surface area contributed by atoms with E-state index in [1.165, 1.54) is 18.9 Å². The summed E-state index contributed by atoms with van der Waals surface area (Å²) in [4.78, 5) is 6.35. The fraction of sp³-hybridized carbons (Fsp3) is 0.500. The molecule has 0 bridgehead atoms. The highest BCUT2D eigenvalue weighted by molar-refractivity contribution is 5.55. The Hall–Kier alpha value is -1.89. The molecule has 1 saturated carbocycles. The number of rotatable bonds is 5. The van der Waals surface area contributed by atoms with Gasteiger partial charge in [-0.25, -0.2) is 0 Å². The van der Waals surface area contributed by atoms with Crippen molar-refractivity contribution < 1.29 is 17.7 Å². The Balaban J connectivity index is 1.74. The van der Waals surface area contributed by atoms with Crippen LogP contribution >= 0.6 is 0 Å². The van der Waals surface area contributed by atoms with Gasteiger partial charge in [0.05, 0.1) is 12.1 Å². The Morgan fingerprint density at radius 1 is 1.35 bits per heavy atom. The number of aromatic nitrogens is 2. The maximum absolute atomic E-state index is 12.8. The van der Waals surface area contributed by atoms with E-state index in [2.05, 4.69) is 22.0 Å². The lowest BCUT2D eigenvalue weighted by atomic mass is 10.1. The quantitative estimate of drug-likeness (QED) is 0.834. The molecule has 1 unspecified atom stereocenters. The first-order chi connectivity index (χ1) is 10.8. The molecule has 0 spiro atoms. The molecule has 0 amide bonds. The first-order valence-corrected chi connectivity index (χ1v) is 7.55. The van der Waals surface area contributed by atoms with Crippen molar-refractivity contribution in [2.75, 3.05) is 7.05 Å². The molecule has 1 aromatic carbocycles. The van der Waals surface area contributed by atoms with Crippen LogP contribution in [-0.4, -0.2) is 28.1 Å². The Labute approximate surface area is 132 Å². The Morgan fingerprint density at radius 3 is 2.74 bits per heavy atom. The summed E-state index contributed by atoms with van der Waals surface area (Å²) in [5.74, 6) is 1.30. The van der Waals surface area contributed by atoms with Gasteiger partial charge in [-0.3, -0.25) is 4.90 Å². The SMILES string of the molecule is CC(C1CC1)N(C)Cc1nc(-c2cccc(C(F)(F)F)c2)no1. The van der Waals surface area contributed by atoms with Gasteiger partial charge in [0.1, 0.15) is 0 Å². The number of benzene rings is 1. The molecular weight excluding hydrogens is 307 g/mol. The molecule has 1 aliphatic rings. The maximum atomic E-state index is 12.8. The second kappa shape index (κ2) is 5.96. The zero-order chi connectivity index (χ0) is 16.6. The van der Waals surface area contributed by atoms with Crippen LogP contribution in [0, 0.1) is 5.92 Å². The molecule has 0 N–H and O–H groups in total. The molecule has 23 heavy (non-hydrogen) atoms. The lowest BCUT2D eigenvalue weighted by Crippen LogP contribution is -2.30. The summed E-state index contributed by atoms with van der Waals surface area (Å²) >= 11 is 0. The predicted molar refractivity (Wildman–Crippen MR) is 78.4 cm³/mol. The van der Waals surface area contributed by atoms with E-state index in [4.69, 9.17) is 4.52 Å². The van der Waals surface area contributed by atoms with Gasteiger partial charge in [0, 0.05) is 11.6 Å². The summed E-state index contributed by atoms with van der Waals surface area (Å²) in [6.07, 6.45) is -1.90. The number of halogens is 3. The van der Waals surface area contributed by atoms with Crippen LogP contribution in [0.5, 0.6) is 0 Å². The van der Waals surface area contributed by atoms with Gasteiger partial charge in [0.15, 0.2) is 0 Å². The molecule has 0 saturated heterocycles. The summed E-state index contributed by atoms with van der Waals surface area (Å²) < 4.78 is 43.5. The van der Waals surface area contributed by atoms with Gasteiger partial charge in [-0.05, 0) is 44.9 Å². The highest BCUT2D eigenvalue weighted by Crippen LogP contribution is 2.35. The maximum Gasteiger partial charge on any atom is 0.416 e. The number of hydrogen-bond donors (Lipinski definition) is 0. The molecule has 1 heterocycles. The van der Waals surface area contributed by atoms with Crippen molar-refractivity contribution in [2.45, 2.75) is 38.5 Å². The van der Waals surface area contributed by atoms with Crippen molar-refractivity contribution in [3.8, 4) is 11.4 Å². The molecule has 3 rings (SSSR count). The molecule has 124 valence electrons. The van der Waals surface area contributed by atoms with Crippen molar-refractivity contribution in [1.82, 2.24) is 15.0 Å². The van der Waals surface area contributed by atoms with Crippen LogP contribution in [0.4, 0.5) is 13.2 Å². The van der Waals surface area contributed by atoms with Crippen molar-refractivity contribution in [3.05, 3.63) is 35.7 Å². The fourth-order valence-electron chi connectivity index (χ4n) is 2.57. The lowest BCUT2D eigenvalue weighted by molar-refractivity contribution is -0.137. The molecule has 0 radical (unpaired) electrons. The first-order valence-electron chi connectivity index (χ1n) is 7.55. The molecule has 1 fully saturated rings. The fourth-order valence-corrected chi connectivity index (χ4v) is 2.57. The van der Waals surface area contributed by atoms with Gasteiger partial charge in [0.2, 0.25) is 11.7 Å². The topological polar surface area (TPSA) is 42.2 Å². The predicted octanol–water partition coefficient (Wildman–Crippen LogP) is 3.99. The zero-order valence-corrected chi connectivity index (χ0v) is 13.0. The van der Waals surface area contributed by atoms with Crippen LogP contribution in [0.1, 0.15) is 31.2 Å². The Kier molecular flexibility index (Phi) is 4.14. The zero-order valence-electron chi connectivity index (χ0n) is 13.0. The third kappa shape index (κ3) is 3.72. The highest BCUT2D eigenvalue weighted by atomic mass is 19.4. The summed E-state index contributed by atoms with van der Waals surface area (Å²) in [6, 6.07) is 5.37. The van der Waals surface area contributed by atoms with E-state index in [1.54, 1.807) is 6.07 Å². The highest BCUT2D eigenvalue weighted by Gasteiger charge is 2.32. The average Bonchev–Trinajstić information content (AvgIpc) is 3.25. The second-order valence-electron chi connectivity index (χ2n) is 6.08. The molecule has 7 heteroatoms. The minimum Gasteiger partial charge on any atom is -0.338 e. The van der Waals surface area contributed by atoms with E-state index in [-0.39, 0.29) is 5.82 Å². The van der Waals surface area contributed by atoms with E-state index in [1.807, 2.05) is 7.05 Å². The second-order valence-corrected chi connectivity index (χ2v) is 6.08. The van der Waals surface area contributed by atoms with Crippen molar-refractivity contribution in [2.24, 2.45) is 5.92 Å². The average molecular weight is 325 g/mol. The first kappa shape index (κ1) is 16.0. The Morgan fingerprint density at radius 2 is 2.09 bits per heavy atom. The third-order valence-electron chi connectivity index (χ3n) is 4.30. The van der Waals surface area contributed by atoms with Crippen LogP contribution in [-0.2, 0) is 12.7 Å². The van der Waals surface area contributed by atoms with Crippen LogP contribution in [0.3, 0.4) is 0 Å². The van der Waals surface area contributed by atoms with Crippen molar-refractivity contribution >= 4 is 0 Å². The van der Waals surface area contributed by atoms with E-state index < -0.39 is 11.7 Å². The molecule has 2 aromatic rings. The smallest absolute Gasteiger partial charge is 0.338 e. The van der Waals surface area contributed by atoms with E-state index in [9.17, 15) is 13.2 Å². The minimum absolute atomic E-state index is 0.179. The molecule has 1 aromatic heterocycles. The number of nitrogens with zero attached hydrogens (tertiary/aromatic N) is 3. The monoisotopic (exact) mass is 325 g/mol. The standard InChI is InChI=1S/C16H18F3N3O/c1-10(11-6-7-11)22(2)9-14-20-15(21-23-14)12-4-3-5-13(8-12)16(17,18)19/h3-5,8,10-11H,6-7,9H2,1-2H3. The Bertz CT molecular complexity index is 679. The van der Waals surface area contributed by atoms with E-state index in [0.29, 0.717) is 30.0 Å². The van der Waals surface area contributed by atoms with Gasteiger partial charge in [0.25, 0.3) is 0 Å². The summed E-state index contributed by atoms with van der Waals surface area (Å²) in [7, 11) is 1.98. The molecular formula is C16H18F3N3O. The molecule has 0 aliphatic heterocycles. The van der Waals surface area contributed by atoms with Gasteiger partial charge >= 0.3 is 6.18 Å². The van der Waals surface area contributed by atoms with Crippen LogP contribution in [0.2, 0.25) is 0 Å². The number of hydrogen-bond acceptors (Lipinski definition) is 4. The van der Waals surface area contributed by atoms with E-state index >= 15 is 0 Å². The minimum atomic E-state index is -4.39. The van der Waals surface area contributed by atoms with E-state index in [0.717, 1.165) is 12.1 Å². The molecule has 1 aliphatic carbocycles. The van der Waals surface area contributed by atoms with Gasteiger partial charge in [-0.2, -0.15) is 18.2 Å². The van der Waals surface area contributed by atoms with Gasteiger partial charge in [-0.1, -0.05) is 17.3 Å². The normalized spacial score (nSPS) is 16.8. The molecule has 4 nitrogen and oxygen atoms in total. The van der Waals surface area contributed by atoms with Crippen molar-refractivity contribution in [3.63, 3.8) is 0 Å². The van der Waals surface area contributed by atoms with Gasteiger partial charge in [-0.15, -0.1) is 0 Å². The largest absolute Gasteiger partial charge is 0.416 e. The lowest BCUT2D eigenvalue weighted by Gasteiger charge is -2.22. The van der Waals surface area contributed by atoms with Crippen LogP contribution in [0.25, 0.3) is 11.4 Å².